The molecule has 0 fully saturated rings. The van der Waals surface area contributed by atoms with Crippen molar-refractivity contribution in [3.63, 3.8) is 0 Å². The molecule has 0 N–H and O–H groups in total. The summed E-state index contributed by atoms with van der Waals surface area (Å²) in [5, 5.41) is 6.96. The Balaban J connectivity index is 2.34. The van der Waals surface area contributed by atoms with Gasteiger partial charge in [0.1, 0.15) is 0 Å². The van der Waals surface area contributed by atoms with E-state index in [0.29, 0.717) is 0 Å². The van der Waals surface area contributed by atoms with Gasteiger partial charge in [0.05, 0.1) is 0 Å². The zero-order chi connectivity index (χ0) is 45.5. The second-order valence-corrected chi connectivity index (χ2v) is 24.2. The molecule has 0 radical (unpaired) electrons. The number of hydrogen-bond acceptors (Lipinski definition) is 0. The maximum atomic E-state index is 2.69. The summed E-state index contributed by atoms with van der Waals surface area (Å²) < 4.78 is 0. The number of aryl methyl sites for hydroxylation is 4. The molecular formula is C61H94P2. The summed E-state index contributed by atoms with van der Waals surface area (Å²) in [5.41, 5.74) is 13.5. The predicted molar refractivity (Wildman–Crippen MR) is 290 cm³/mol. The summed E-state index contributed by atoms with van der Waals surface area (Å²) in [6, 6.07) is 30.9. The molecule has 0 aliphatic carbocycles. The number of hydrogen-bond donors (Lipinski definition) is 0. The molecule has 0 aliphatic heterocycles. The largest absolute Gasteiger partial charge is 0.0654 e. The molecule has 0 aromatic heterocycles. The highest BCUT2D eigenvalue weighted by Gasteiger charge is 2.48. The molecule has 0 amide bonds. The summed E-state index contributed by atoms with van der Waals surface area (Å²) in [6.45, 7) is 24.4. The fourth-order valence-corrected chi connectivity index (χ4v) is 19.1. The van der Waals surface area contributed by atoms with E-state index in [0.717, 1.165) is 0 Å². The second kappa shape index (κ2) is 29.4. The molecule has 348 valence electrons. The minimum absolute atomic E-state index is 0.0635. The Morgan fingerprint density at radius 3 is 0.683 bits per heavy atom. The first-order valence-corrected chi connectivity index (χ1v) is 29.6. The van der Waals surface area contributed by atoms with Crippen LogP contribution < -0.4 is 21.2 Å². The van der Waals surface area contributed by atoms with Gasteiger partial charge in [-0.15, -0.1) is 0 Å². The van der Waals surface area contributed by atoms with Gasteiger partial charge in [-0.3, -0.25) is 0 Å². The normalized spacial score (nSPS) is 12.0. The van der Waals surface area contributed by atoms with Crippen molar-refractivity contribution in [1.29, 1.82) is 0 Å². The Morgan fingerprint density at radius 2 is 0.492 bits per heavy atom. The summed E-state index contributed by atoms with van der Waals surface area (Å²) in [7, 11) is -1.57. The summed E-state index contributed by atoms with van der Waals surface area (Å²) >= 11 is 0. The van der Waals surface area contributed by atoms with E-state index in [-0.39, 0.29) is 4.90 Å². The third-order valence-electron chi connectivity index (χ3n) is 14.2. The van der Waals surface area contributed by atoms with E-state index in [4.69, 9.17) is 0 Å². The van der Waals surface area contributed by atoms with Crippen LogP contribution in [0.1, 0.15) is 229 Å². The van der Waals surface area contributed by atoms with Crippen LogP contribution in [0, 0.1) is 0 Å². The highest BCUT2D eigenvalue weighted by molar-refractivity contribution is 7.91. The van der Waals surface area contributed by atoms with Gasteiger partial charge in [0.25, 0.3) is 0 Å². The Morgan fingerprint density at radius 1 is 0.286 bits per heavy atom. The van der Waals surface area contributed by atoms with Crippen LogP contribution in [0.3, 0.4) is 0 Å². The van der Waals surface area contributed by atoms with Crippen LogP contribution in [0.5, 0.6) is 0 Å². The molecule has 0 heterocycles. The van der Waals surface area contributed by atoms with E-state index >= 15 is 0 Å². The van der Waals surface area contributed by atoms with Crippen molar-refractivity contribution in [2.24, 2.45) is 0 Å². The van der Waals surface area contributed by atoms with E-state index in [1.807, 2.05) is 0 Å². The first-order valence-electron chi connectivity index (χ1n) is 26.9. The van der Waals surface area contributed by atoms with Crippen molar-refractivity contribution in [3.05, 3.63) is 117 Å². The van der Waals surface area contributed by atoms with E-state index in [1.54, 1.807) is 65.7 Å². The quantitative estimate of drug-likeness (QED) is 0.0429. The summed E-state index contributed by atoms with van der Waals surface area (Å²) in [4.78, 5) is 0.0635. The molecular weight excluding hydrogens is 795 g/mol. The van der Waals surface area contributed by atoms with E-state index in [2.05, 4.69) is 142 Å². The van der Waals surface area contributed by atoms with Gasteiger partial charge in [-0.1, -0.05) is 193 Å². The third-order valence-corrected chi connectivity index (χ3v) is 22.0. The Hall–Kier alpha value is -2.26. The molecule has 0 spiro atoms. The average molecular weight is 889 g/mol. The molecule has 4 aromatic carbocycles. The number of rotatable bonds is 32. The second-order valence-electron chi connectivity index (χ2n) is 18.8. The maximum Gasteiger partial charge on any atom is 0.0262 e. The number of unbranched alkanes of at least 4 members (excludes halogenated alkanes) is 8. The molecule has 0 saturated carbocycles. The Bertz CT molecular complexity index is 1620. The van der Waals surface area contributed by atoms with Crippen LogP contribution in [0.4, 0.5) is 0 Å². The van der Waals surface area contributed by atoms with Crippen molar-refractivity contribution >= 4 is 37.1 Å². The van der Waals surface area contributed by atoms with E-state index in [1.165, 1.54) is 167 Å². The maximum absolute atomic E-state index is 2.69. The zero-order valence-corrected chi connectivity index (χ0v) is 44.5. The van der Waals surface area contributed by atoms with Gasteiger partial charge >= 0.3 is 0 Å². The molecule has 0 atom stereocenters. The highest BCUT2D eigenvalue weighted by atomic mass is 31.2. The molecule has 4 aromatic rings. The van der Waals surface area contributed by atoms with Crippen LogP contribution >= 0.6 is 15.8 Å². The molecule has 0 saturated heterocycles. The van der Waals surface area contributed by atoms with Gasteiger partial charge in [0, 0.05) is 4.90 Å². The van der Waals surface area contributed by atoms with Crippen molar-refractivity contribution < 1.29 is 0 Å². The average Bonchev–Trinajstić information content (AvgIpc) is 3.31. The Labute approximate surface area is 393 Å². The standard InChI is InChI=1S/C61H94P2/c1-11-21-33-49-37-29-45-57(53(49)41-25-15-5)62(58-46-30-38-50(34-22-12-2)54(58)42-26-16-6)61(19-9,20-10)63(59-47-31-39-51(35-23-13-3)55(59)43-27-17-7)60-48-32-40-52(36-24-14-4)56(60)44-28-18-8/h29-32,37-40,45-48H,11-28,33-36,41-44H2,1-10H3. The molecule has 63 heavy (non-hydrogen) atoms. The van der Waals surface area contributed by atoms with Crippen molar-refractivity contribution in [2.75, 3.05) is 0 Å². The summed E-state index contributed by atoms with van der Waals surface area (Å²) in [6.07, 6.45) is 32.1. The van der Waals surface area contributed by atoms with Crippen LogP contribution in [0.15, 0.2) is 72.8 Å². The zero-order valence-electron chi connectivity index (χ0n) is 42.7. The lowest BCUT2D eigenvalue weighted by Gasteiger charge is -2.49. The number of benzene rings is 4. The van der Waals surface area contributed by atoms with Crippen LogP contribution in [-0.4, -0.2) is 4.90 Å². The van der Waals surface area contributed by atoms with Gasteiger partial charge in [-0.2, -0.15) is 0 Å². The minimum atomic E-state index is -0.785. The van der Waals surface area contributed by atoms with Gasteiger partial charge in [0.2, 0.25) is 0 Å². The van der Waals surface area contributed by atoms with Gasteiger partial charge in [0.15, 0.2) is 0 Å². The van der Waals surface area contributed by atoms with Gasteiger partial charge < -0.3 is 0 Å². The molecule has 0 unspecified atom stereocenters. The lowest BCUT2D eigenvalue weighted by atomic mass is 9.97. The van der Waals surface area contributed by atoms with Crippen LogP contribution in [-0.2, 0) is 51.4 Å². The topological polar surface area (TPSA) is 0 Å². The van der Waals surface area contributed by atoms with Crippen molar-refractivity contribution in [1.82, 2.24) is 0 Å². The van der Waals surface area contributed by atoms with Gasteiger partial charge in [-0.25, -0.2) is 0 Å². The fraction of sp³-hybridized carbons (Fsp3) is 0.607. The lowest BCUT2D eigenvalue weighted by Crippen LogP contribution is -2.42. The molecule has 0 aliphatic rings. The molecule has 0 bridgehead atoms. The van der Waals surface area contributed by atoms with Crippen LogP contribution in [0.25, 0.3) is 0 Å². The predicted octanol–water partition coefficient (Wildman–Crippen LogP) is 17.5. The molecule has 4 rings (SSSR count). The third kappa shape index (κ3) is 13.9. The van der Waals surface area contributed by atoms with Crippen molar-refractivity contribution in [3.8, 4) is 0 Å². The highest BCUT2D eigenvalue weighted by Crippen LogP contribution is 2.70. The molecule has 2 heteroatoms. The van der Waals surface area contributed by atoms with Crippen LogP contribution in [0.2, 0.25) is 0 Å². The summed E-state index contributed by atoms with van der Waals surface area (Å²) in [5.74, 6) is 0. The Kier molecular flexibility index (Phi) is 24.9. The van der Waals surface area contributed by atoms with Crippen molar-refractivity contribution in [2.45, 2.75) is 241 Å². The van der Waals surface area contributed by atoms with E-state index < -0.39 is 15.8 Å². The first-order chi connectivity index (χ1) is 30.9. The lowest BCUT2D eigenvalue weighted by molar-refractivity contribution is 0.720. The smallest absolute Gasteiger partial charge is 0.0262 e. The van der Waals surface area contributed by atoms with Gasteiger partial charge in [-0.05, 0) is 197 Å². The SMILES string of the molecule is CCCCc1cccc(P(c2cccc(CCCC)c2CCCC)C(CC)(CC)P(c2cccc(CCCC)c2CCCC)c2cccc(CCCC)c2CCCC)c1CCCC. The van der Waals surface area contributed by atoms with E-state index in [9.17, 15) is 0 Å². The molecule has 0 nitrogen and oxygen atoms in total. The fourth-order valence-electron chi connectivity index (χ4n) is 10.4. The first kappa shape index (κ1) is 53.4. The minimum Gasteiger partial charge on any atom is -0.0654 e. The monoisotopic (exact) mass is 889 g/mol.